The Bertz CT molecular complexity index is 719. The predicted molar refractivity (Wildman–Crippen MR) is 69.1 cm³/mol. The zero-order chi connectivity index (χ0) is 13.2. The van der Waals surface area contributed by atoms with Gasteiger partial charge in [-0.25, -0.2) is 13.4 Å². The monoisotopic (exact) mass is 299 g/mol. The van der Waals surface area contributed by atoms with E-state index < -0.39 is 10.0 Å². The largest absolute Gasteiger partial charge is 0.279 e. The van der Waals surface area contributed by atoms with Gasteiger partial charge in [0.2, 0.25) is 0 Å². The number of halogens is 1. The quantitative estimate of drug-likeness (QED) is 0.943. The minimum absolute atomic E-state index is 0.0230. The Kier molecular flexibility index (Phi) is 3.52. The van der Waals surface area contributed by atoms with Crippen LogP contribution in [0, 0.1) is 11.3 Å². The zero-order valence-electron chi connectivity index (χ0n) is 8.79. The first-order valence-electron chi connectivity index (χ1n) is 4.65. The lowest BCUT2D eigenvalue weighted by Crippen LogP contribution is -2.11. The third kappa shape index (κ3) is 2.79. The number of hydrogen-bond donors (Lipinski definition) is 1. The molecule has 92 valence electrons. The molecule has 1 N–H and O–H groups in total. The summed E-state index contributed by atoms with van der Waals surface area (Å²) < 4.78 is 26.4. The van der Waals surface area contributed by atoms with E-state index in [1.165, 1.54) is 12.3 Å². The first-order valence-corrected chi connectivity index (χ1v) is 7.33. The Morgan fingerprint density at radius 1 is 1.44 bits per heavy atom. The van der Waals surface area contributed by atoms with Crippen molar-refractivity contribution in [3.63, 3.8) is 0 Å². The number of aromatic nitrogens is 1. The van der Waals surface area contributed by atoms with Crippen molar-refractivity contribution in [2.24, 2.45) is 0 Å². The van der Waals surface area contributed by atoms with Crippen molar-refractivity contribution in [2.45, 2.75) is 4.21 Å². The number of anilines is 1. The summed E-state index contributed by atoms with van der Waals surface area (Å²) in [6, 6.07) is 8.11. The molecule has 5 nitrogen and oxygen atoms in total. The number of sulfonamides is 1. The number of benzene rings is 1. The first kappa shape index (κ1) is 12.8. The molecule has 0 unspecified atom stereocenters. The van der Waals surface area contributed by atoms with Crippen LogP contribution < -0.4 is 4.72 Å². The maximum atomic E-state index is 11.9. The molecule has 8 heteroatoms. The van der Waals surface area contributed by atoms with Crippen molar-refractivity contribution in [3.8, 4) is 6.07 Å². The van der Waals surface area contributed by atoms with Crippen molar-refractivity contribution in [2.75, 3.05) is 4.72 Å². The Morgan fingerprint density at radius 2 is 2.22 bits per heavy atom. The van der Waals surface area contributed by atoms with Gasteiger partial charge in [-0.15, -0.1) is 0 Å². The van der Waals surface area contributed by atoms with Crippen LogP contribution in [-0.4, -0.2) is 13.4 Å². The maximum absolute atomic E-state index is 11.9. The summed E-state index contributed by atoms with van der Waals surface area (Å²) in [6.45, 7) is 0. The average molecular weight is 300 g/mol. The van der Waals surface area contributed by atoms with E-state index in [4.69, 9.17) is 16.9 Å². The maximum Gasteiger partial charge on any atom is 0.273 e. The van der Waals surface area contributed by atoms with Crippen LogP contribution >= 0.6 is 22.9 Å². The van der Waals surface area contributed by atoms with E-state index in [0.717, 1.165) is 11.3 Å². The number of nitrogens with zero attached hydrogens (tertiary/aromatic N) is 2. The first-order chi connectivity index (χ1) is 8.51. The summed E-state index contributed by atoms with van der Waals surface area (Å²) in [5, 5.41) is 8.73. The molecule has 18 heavy (non-hydrogen) atoms. The lowest BCUT2D eigenvalue weighted by atomic mass is 10.2. The fourth-order valence-corrected chi connectivity index (χ4v) is 3.56. The van der Waals surface area contributed by atoms with E-state index in [0.29, 0.717) is 11.3 Å². The van der Waals surface area contributed by atoms with Crippen LogP contribution in [0.1, 0.15) is 5.56 Å². The molecular weight excluding hydrogens is 294 g/mol. The van der Waals surface area contributed by atoms with Crippen LogP contribution in [0.3, 0.4) is 0 Å². The summed E-state index contributed by atoms with van der Waals surface area (Å²) >= 11 is 6.45. The highest BCUT2D eigenvalue weighted by Crippen LogP contribution is 2.24. The van der Waals surface area contributed by atoms with Gasteiger partial charge in [-0.05, 0) is 18.2 Å². The Labute approximate surface area is 113 Å². The standard InChI is InChI=1S/C10H6ClN3O2S2/c11-10-13-6-9(17-10)18(15,16)14-8-3-1-2-7(4-8)5-12/h1-4,6,14H. The van der Waals surface area contributed by atoms with Gasteiger partial charge >= 0.3 is 0 Å². The highest BCUT2D eigenvalue weighted by atomic mass is 35.5. The molecule has 1 aromatic heterocycles. The lowest BCUT2D eigenvalue weighted by Gasteiger charge is -2.05. The molecule has 0 amide bonds. The van der Waals surface area contributed by atoms with Gasteiger partial charge in [0, 0.05) is 0 Å². The second kappa shape index (κ2) is 4.94. The third-order valence-electron chi connectivity index (χ3n) is 1.97. The number of nitriles is 1. The molecule has 2 rings (SSSR count). The minimum Gasteiger partial charge on any atom is -0.279 e. The fourth-order valence-electron chi connectivity index (χ4n) is 1.22. The number of rotatable bonds is 3. The van der Waals surface area contributed by atoms with Crippen molar-refractivity contribution >= 4 is 38.6 Å². The van der Waals surface area contributed by atoms with Crippen molar-refractivity contribution < 1.29 is 8.42 Å². The summed E-state index contributed by atoms with van der Waals surface area (Å²) in [4.78, 5) is 3.67. The molecular formula is C10H6ClN3O2S2. The van der Waals surface area contributed by atoms with Crippen LogP contribution in [0.2, 0.25) is 4.47 Å². The SMILES string of the molecule is N#Cc1cccc(NS(=O)(=O)c2cnc(Cl)s2)c1. The smallest absolute Gasteiger partial charge is 0.273 e. The van der Waals surface area contributed by atoms with E-state index in [-0.39, 0.29) is 8.68 Å². The van der Waals surface area contributed by atoms with Gasteiger partial charge in [0.1, 0.15) is 0 Å². The molecule has 0 aliphatic heterocycles. The van der Waals surface area contributed by atoms with E-state index in [1.54, 1.807) is 18.2 Å². The molecule has 0 spiro atoms. The normalized spacial score (nSPS) is 10.9. The molecule has 2 aromatic rings. The number of hydrogen-bond acceptors (Lipinski definition) is 5. The summed E-state index contributed by atoms with van der Waals surface area (Å²) in [7, 11) is -3.71. The molecule has 0 saturated heterocycles. The Hall–Kier alpha value is -1.62. The summed E-state index contributed by atoms with van der Waals surface area (Å²) in [5.41, 5.74) is 0.691. The Balaban J connectivity index is 2.31. The molecule has 0 saturated carbocycles. The van der Waals surface area contributed by atoms with Crippen LogP contribution in [0.25, 0.3) is 0 Å². The molecule has 1 aromatic carbocycles. The van der Waals surface area contributed by atoms with Gasteiger partial charge in [-0.3, -0.25) is 4.72 Å². The fraction of sp³-hybridized carbons (Fsp3) is 0. The van der Waals surface area contributed by atoms with Gasteiger partial charge in [0.25, 0.3) is 10.0 Å². The second-order valence-corrected chi connectivity index (χ2v) is 6.75. The van der Waals surface area contributed by atoms with Gasteiger partial charge in [-0.2, -0.15) is 5.26 Å². The zero-order valence-corrected chi connectivity index (χ0v) is 11.2. The lowest BCUT2D eigenvalue weighted by molar-refractivity contribution is 0.603. The van der Waals surface area contributed by atoms with Crippen LogP contribution in [0.4, 0.5) is 5.69 Å². The molecule has 1 heterocycles. The summed E-state index contributed by atoms with van der Waals surface area (Å²) in [5.74, 6) is 0. The average Bonchev–Trinajstić information content (AvgIpc) is 2.76. The molecule has 0 atom stereocenters. The van der Waals surface area contributed by atoms with Crippen LogP contribution in [-0.2, 0) is 10.0 Å². The highest BCUT2D eigenvalue weighted by Gasteiger charge is 2.17. The van der Waals surface area contributed by atoms with E-state index in [1.807, 2.05) is 6.07 Å². The second-order valence-electron chi connectivity index (χ2n) is 3.23. The number of nitrogens with one attached hydrogen (secondary N) is 1. The number of thiazole rings is 1. The van der Waals surface area contributed by atoms with Gasteiger partial charge < -0.3 is 0 Å². The minimum atomic E-state index is -3.71. The molecule has 0 fully saturated rings. The van der Waals surface area contributed by atoms with E-state index >= 15 is 0 Å². The highest BCUT2D eigenvalue weighted by molar-refractivity contribution is 7.94. The third-order valence-corrected chi connectivity index (χ3v) is 4.92. The molecule has 0 aliphatic rings. The summed E-state index contributed by atoms with van der Waals surface area (Å²) in [6.07, 6.45) is 1.18. The van der Waals surface area contributed by atoms with Crippen LogP contribution in [0.5, 0.6) is 0 Å². The predicted octanol–water partition coefficient (Wildman–Crippen LogP) is 2.47. The van der Waals surface area contributed by atoms with Crippen molar-refractivity contribution in [1.29, 1.82) is 5.26 Å². The Morgan fingerprint density at radius 3 is 2.83 bits per heavy atom. The molecule has 0 bridgehead atoms. The van der Waals surface area contributed by atoms with Gasteiger partial charge in [0.15, 0.2) is 8.68 Å². The van der Waals surface area contributed by atoms with Crippen molar-refractivity contribution in [3.05, 3.63) is 40.5 Å². The van der Waals surface area contributed by atoms with E-state index in [9.17, 15) is 8.42 Å². The van der Waals surface area contributed by atoms with E-state index in [2.05, 4.69) is 9.71 Å². The molecule has 0 radical (unpaired) electrons. The topological polar surface area (TPSA) is 82.9 Å². The van der Waals surface area contributed by atoms with Gasteiger partial charge in [-0.1, -0.05) is 29.0 Å². The van der Waals surface area contributed by atoms with Crippen molar-refractivity contribution in [1.82, 2.24) is 4.98 Å². The molecule has 0 aliphatic carbocycles. The van der Waals surface area contributed by atoms with Gasteiger partial charge in [0.05, 0.1) is 23.5 Å². The van der Waals surface area contributed by atoms with Crippen LogP contribution in [0.15, 0.2) is 34.7 Å².